The highest BCUT2D eigenvalue weighted by atomic mass is 32.2. The zero-order valence-electron chi connectivity index (χ0n) is 16.1. The first kappa shape index (κ1) is 20.6. The summed E-state index contributed by atoms with van der Waals surface area (Å²) in [6.07, 6.45) is 3.23. The summed E-state index contributed by atoms with van der Waals surface area (Å²) in [7, 11) is 0. The van der Waals surface area contributed by atoms with Gasteiger partial charge in [-0.15, -0.1) is 18.3 Å². The standard InChI is InChI=1S/C23H28N2O2S/c1-2-16-28-21-11-7-6-10-20(21)24-22(26)17-25-14-12-19(13-15-25)23(27)18-8-4-3-5-9-18/h2-11,19,23,27H,1,12-17H2,(H,24,26)/t23-/m1/s1. The molecule has 1 aliphatic heterocycles. The number of carbonyl (C=O) groups is 1. The number of amides is 1. The molecule has 1 atom stereocenters. The van der Waals surface area contributed by atoms with E-state index in [2.05, 4.69) is 16.8 Å². The van der Waals surface area contributed by atoms with Crippen molar-refractivity contribution >= 4 is 23.4 Å². The summed E-state index contributed by atoms with van der Waals surface area (Å²) in [5.41, 5.74) is 1.83. The second kappa shape index (κ2) is 10.5. The molecule has 0 spiro atoms. The Hall–Kier alpha value is -2.08. The second-order valence-corrected chi connectivity index (χ2v) is 8.17. The molecule has 0 aromatic heterocycles. The maximum absolute atomic E-state index is 12.5. The van der Waals surface area contributed by atoms with Gasteiger partial charge in [-0.2, -0.15) is 0 Å². The lowest BCUT2D eigenvalue weighted by atomic mass is 9.87. The zero-order valence-corrected chi connectivity index (χ0v) is 16.9. The Bertz CT molecular complexity index is 773. The van der Waals surface area contributed by atoms with E-state index >= 15 is 0 Å². The lowest BCUT2D eigenvalue weighted by molar-refractivity contribution is -0.117. The number of hydrogen-bond donors (Lipinski definition) is 2. The molecule has 0 radical (unpaired) electrons. The van der Waals surface area contributed by atoms with E-state index in [0.717, 1.165) is 47.8 Å². The number of thioether (sulfide) groups is 1. The first-order valence-electron chi connectivity index (χ1n) is 9.75. The fourth-order valence-corrected chi connectivity index (χ4v) is 4.33. The van der Waals surface area contributed by atoms with Gasteiger partial charge in [0.2, 0.25) is 5.91 Å². The number of aliphatic hydroxyl groups is 1. The number of para-hydroxylation sites is 1. The van der Waals surface area contributed by atoms with Crippen molar-refractivity contribution in [3.05, 3.63) is 72.8 Å². The number of piperidine rings is 1. The summed E-state index contributed by atoms with van der Waals surface area (Å²) in [6.45, 7) is 5.79. The van der Waals surface area contributed by atoms with Gasteiger partial charge in [-0.25, -0.2) is 0 Å². The number of anilines is 1. The van der Waals surface area contributed by atoms with Gasteiger partial charge in [-0.05, 0) is 49.5 Å². The van der Waals surface area contributed by atoms with Gasteiger partial charge in [0.25, 0.3) is 0 Å². The molecule has 1 saturated heterocycles. The number of likely N-dealkylation sites (tertiary alicyclic amines) is 1. The molecule has 4 nitrogen and oxygen atoms in total. The largest absolute Gasteiger partial charge is 0.388 e. The van der Waals surface area contributed by atoms with Crippen LogP contribution >= 0.6 is 11.8 Å². The highest BCUT2D eigenvalue weighted by molar-refractivity contribution is 7.99. The molecule has 0 aliphatic carbocycles. The Kier molecular flexibility index (Phi) is 7.71. The Morgan fingerprint density at radius 3 is 2.57 bits per heavy atom. The van der Waals surface area contributed by atoms with E-state index in [-0.39, 0.29) is 11.8 Å². The highest BCUT2D eigenvalue weighted by Crippen LogP contribution is 2.31. The van der Waals surface area contributed by atoms with E-state index in [1.807, 2.05) is 60.7 Å². The maximum Gasteiger partial charge on any atom is 0.238 e. The van der Waals surface area contributed by atoms with Crippen LogP contribution in [0.4, 0.5) is 5.69 Å². The van der Waals surface area contributed by atoms with Gasteiger partial charge in [-0.3, -0.25) is 9.69 Å². The number of hydrogen-bond acceptors (Lipinski definition) is 4. The highest BCUT2D eigenvalue weighted by Gasteiger charge is 2.27. The summed E-state index contributed by atoms with van der Waals surface area (Å²) < 4.78 is 0. The molecule has 28 heavy (non-hydrogen) atoms. The van der Waals surface area contributed by atoms with E-state index in [4.69, 9.17) is 0 Å². The quantitative estimate of drug-likeness (QED) is 0.515. The van der Waals surface area contributed by atoms with Gasteiger partial charge >= 0.3 is 0 Å². The number of benzene rings is 2. The van der Waals surface area contributed by atoms with Gasteiger partial charge in [0.15, 0.2) is 0 Å². The predicted molar refractivity (Wildman–Crippen MR) is 117 cm³/mol. The second-order valence-electron chi connectivity index (χ2n) is 7.11. The number of nitrogens with one attached hydrogen (secondary N) is 1. The van der Waals surface area contributed by atoms with Crippen LogP contribution < -0.4 is 5.32 Å². The molecule has 1 fully saturated rings. The van der Waals surface area contributed by atoms with E-state index in [9.17, 15) is 9.90 Å². The number of rotatable bonds is 8. The molecular formula is C23H28N2O2S. The zero-order chi connectivity index (χ0) is 19.8. The lowest BCUT2D eigenvalue weighted by Gasteiger charge is -2.34. The van der Waals surface area contributed by atoms with Gasteiger partial charge in [0.1, 0.15) is 0 Å². The third-order valence-corrected chi connectivity index (χ3v) is 6.17. The van der Waals surface area contributed by atoms with Crippen LogP contribution in [0.5, 0.6) is 0 Å². The van der Waals surface area contributed by atoms with E-state index in [1.165, 1.54) is 0 Å². The number of nitrogens with zero attached hydrogens (tertiary/aromatic N) is 1. The van der Waals surface area contributed by atoms with Crippen molar-refractivity contribution in [3.8, 4) is 0 Å². The van der Waals surface area contributed by atoms with Crippen molar-refractivity contribution in [1.29, 1.82) is 0 Å². The van der Waals surface area contributed by atoms with Crippen molar-refractivity contribution < 1.29 is 9.90 Å². The molecule has 5 heteroatoms. The Morgan fingerprint density at radius 1 is 1.18 bits per heavy atom. The predicted octanol–water partition coefficient (Wildman–Crippen LogP) is 4.35. The van der Waals surface area contributed by atoms with Crippen LogP contribution in [-0.4, -0.2) is 41.3 Å². The Labute approximate surface area is 171 Å². The molecule has 0 bridgehead atoms. The Morgan fingerprint density at radius 2 is 1.86 bits per heavy atom. The number of carbonyl (C=O) groups excluding carboxylic acids is 1. The molecule has 1 aliphatic rings. The van der Waals surface area contributed by atoms with Crippen LogP contribution in [0.2, 0.25) is 0 Å². The van der Waals surface area contributed by atoms with Crippen LogP contribution in [0, 0.1) is 5.92 Å². The fraction of sp³-hybridized carbons (Fsp3) is 0.348. The number of aliphatic hydroxyl groups excluding tert-OH is 1. The van der Waals surface area contributed by atoms with Crippen molar-refractivity contribution in [1.82, 2.24) is 4.90 Å². The van der Waals surface area contributed by atoms with Gasteiger partial charge in [-0.1, -0.05) is 48.5 Å². The normalized spacial score (nSPS) is 16.5. The molecule has 148 valence electrons. The molecule has 2 aromatic rings. The van der Waals surface area contributed by atoms with Crippen LogP contribution in [0.3, 0.4) is 0 Å². The molecule has 1 amide bonds. The molecule has 3 rings (SSSR count). The topological polar surface area (TPSA) is 52.6 Å². The minimum atomic E-state index is -0.425. The first-order valence-corrected chi connectivity index (χ1v) is 10.7. The molecule has 0 unspecified atom stereocenters. The minimum absolute atomic E-state index is 0.00807. The Balaban J connectivity index is 1.48. The van der Waals surface area contributed by atoms with Crippen LogP contribution in [0.1, 0.15) is 24.5 Å². The fourth-order valence-electron chi connectivity index (χ4n) is 3.59. The summed E-state index contributed by atoms with van der Waals surface area (Å²) >= 11 is 1.66. The van der Waals surface area contributed by atoms with E-state index < -0.39 is 6.10 Å². The summed E-state index contributed by atoms with van der Waals surface area (Å²) in [5.74, 6) is 1.07. The molecule has 1 heterocycles. The monoisotopic (exact) mass is 396 g/mol. The SMILES string of the molecule is C=CCSc1ccccc1NC(=O)CN1CCC([C@H](O)c2ccccc2)CC1. The van der Waals surface area contributed by atoms with Crippen LogP contribution in [0.15, 0.2) is 72.1 Å². The lowest BCUT2D eigenvalue weighted by Crippen LogP contribution is -2.40. The average Bonchev–Trinajstić information content (AvgIpc) is 2.74. The molecule has 2 aromatic carbocycles. The van der Waals surface area contributed by atoms with Gasteiger partial charge in [0.05, 0.1) is 18.3 Å². The van der Waals surface area contributed by atoms with Gasteiger partial charge in [0, 0.05) is 10.6 Å². The van der Waals surface area contributed by atoms with Crippen molar-refractivity contribution in [3.63, 3.8) is 0 Å². The molecule has 2 N–H and O–H groups in total. The molecular weight excluding hydrogens is 368 g/mol. The van der Waals surface area contributed by atoms with Crippen molar-refractivity contribution in [2.45, 2.75) is 23.8 Å². The van der Waals surface area contributed by atoms with Crippen LogP contribution in [-0.2, 0) is 4.79 Å². The minimum Gasteiger partial charge on any atom is -0.388 e. The van der Waals surface area contributed by atoms with Crippen molar-refractivity contribution in [2.75, 3.05) is 30.7 Å². The first-order chi connectivity index (χ1) is 13.7. The summed E-state index contributed by atoms with van der Waals surface area (Å²) in [4.78, 5) is 15.7. The van der Waals surface area contributed by atoms with E-state index in [1.54, 1.807) is 11.8 Å². The summed E-state index contributed by atoms with van der Waals surface area (Å²) in [6, 6.07) is 17.7. The van der Waals surface area contributed by atoms with Gasteiger partial charge < -0.3 is 10.4 Å². The third-order valence-electron chi connectivity index (χ3n) is 5.10. The summed E-state index contributed by atoms with van der Waals surface area (Å²) in [5, 5.41) is 13.6. The van der Waals surface area contributed by atoms with Crippen molar-refractivity contribution in [2.24, 2.45) is 5.92 Å². The van der Waals surface area contributed by atoms with E-state index in [0.29, 0.717) is 6.54 Å². The third kappa shape index (κ3) is 5.71. The molecule has 0 saturated carbocycles. The van der Waals surface area contributed by atoms with Crippen LogP contribution in [0.25, 0.3) is 0 Å². The maximum atomic E-state index is 12.5. The smallest absolute Gasteiger partial charge is 0.238 e. The average molecular weight is 397 g/mol.